The Kier molecular flexibility index (Phi) is 5.74. The molecule has 0 amide bonds. The van der Waals surface area contributed by atoms with Gasteiger partial charge in [-0.15, -0.1) is 0 Å². The van der Waals surface area contributed by atoms with Crippen LogP contribution < -0.4 is 4.74 Å². The van der Waals surface area contributed by atoms with Crippen LogP contribution in [0.3, 0.4) is 0 Å². The van der Waals surface area contributed by atoms with Crippen molar-refractivity contribution in [3.8, 4) is 23.0 Å². The van der Waals surface area contributed by atoms with Gasteiger partial charge in [-0.3, -0.25) is 15.1 Å². The summed E-state index contributed by atoms with van der Waals surface area (Å²) in [5, 5.41) is 21.7. The summed E-state index contributed by atoms with van der Waals surface area (Å²) in [6.07, 6.45) is 1.30. The van der Waals surface area contributed by atoms with Gasteiger partial charge in [0.15, 0.2) is 17.1 Å². The van der Waals surface area contributed by atoms with Crippen LogP contribution in [0, 0.1) is 15.9 Å². The molecule has 0 aliphatic rings. The summed E-state index contributed by atoms with van der Waals surface area (Å²) >= 11 is 6.08. The number of nitrogens with zero attached hydrogens (tertiary/aromatic N) is 3. The molecule has 0 saturated carbocycles. The molecule has 0 bridgehead atoms. The van der Waals surface area contributed by atoms with Crippen LogP contribution in [0.4, 0.5) is 15.8 Å². The smallest absolute Gasteiger partial charge is 0.274 e. The highest BCUT2D eigenvalue weighted by molar-refractivity contribution is 6.33. The van der Waals surface area contributed by atoms with E-state index < -0.39 is 10.7 Å². The topological polar surface area (TPSA) is 111 Å². The van der Waals surface area contributed by atoms with E-state index in [1.54, 1.807) is 25.1 Å². The lowest BCUT2D eigenvalue weighted by atomic mass is 10.1. The normalized spacial score (nSPS) is 11.3. The number of halogens is 2. The maximum absolute atomic E-state index is 13.3. The van der Waals surface area contributed by atoms with Crippen molar-refractivity contribution in [2.45, 2.75) is 6.92 Å². The summed E-state index contributed by atoms with van der Waals surface area (Å²) in [6.45, 7) is 1.93. The number of aromatic nitrogens is 1. The average molecular weight is 456 g/mol. The van der Waals surface area contributed by atoms with Crippen molar-refractivity contribution in [3.05, 3.63) is 75.0 Å². The molecule has 1 aromatic heterocycles. The molecule has 0 radical (unpaired) electrons. The van der Waals surface area contributed by atoms with Gasteiger partial charge in [0, 0.05) is 17.8 Å². The molecular formula is C22H15ClFN3O5. The largest absolute Gasteiger partial charge is 0.504 e. The highest BCUT2D eigenvalue weighted by atomic mass is 35.5. The predicted molar refractivity (Wildman–Crippen MR) is 118 cm³/mol. The zero-order valence-electron chi connectivity index (χ0n) is 16.6. The van der Waals surface area contributed by atoms with Gasteiger partial charge in [0.1, 0.15) is 11.3 Å². The lowest BCUT2D eigenvalue weighted by Crippen LogP contribution is -1.97. The molecule has 0 fully saturated rings. The summed E-state index contributed by atoms with van der Waals surface area (Å²) in [5.74, 6) is -0.500. The second kappa shape index (κ2) is 8.64. The number of hydrogen-bond donors (Lipinski definition) is 1. The number of hydrogen-bond acceptors (Lipinski definition) is 7. The number of nitro benzene ring substituents is 1. The van der Waals surface area contributed by atoms with E-state index in [2.05, 4.69) is 9.98 Å². The molecule has 0 atom stereocenters. The highest BCUT2D eigenvalue weighted by Gasteiger charge is 2.17. The Bertz CT molecular complexity index is 1370. The fraction of sp³-hybridized carbons (Fsp3) is 0.0909. The fourth-order valence-electron chi connectivity index (χ4n) is 3.00. The quantitative estimate of drug-likeness (QED) is 0.215. The van der Waals surface area contributed by atoms with E-state index >= 15 is 0 Å². The van der Waals surface area contributed by atoms with Crippen molar-refractivity contribution in [3.63, 3.8) is 0 Å². The zero-order chi connectivity index (χ0) is 22.8. The second-order valence-electron chi connectivity index (χ2n) is 6.63. The SMILES string of the molecule is CCOc1cc([N+](=O)[O-])cc(C=Nc2ccc3oc(-c4ccc(F)cc4Cl)nc3c2)c1O. The number of nitro groups is 1. The average Bonchev–Trinajstić information content (AvgIpc) is 3.17. The Morgan fingerprint density at radius 2 is 2.09 bits per heavy atom. The van der Waals surface area contributed by atoms with Crippen LogP contribution in [0.5, 0.6) is 11.5 Å². The van der Waals surface area contributed by atoms with Crippen molar-refractivity contribution in [2.75, 3.05) is 6.61 Å². The lowest BCUT2D eigenvalue weighted by Gasteiger charge is -2.07. The number of aliphatic imine (C=N–C) groups is 1. The Labute approximate surface area is 185 Å². The number of fused-ring (bicyclic) bond motifs is 1. The van der Waals surface area contributed by atoms with E-state index in [4.69, 9.17) is 20.8 Å². The number of phenols is 1. The van der Waals surface area contributed by atoms with Crippen LogP contribution in [0.25, 0.3) is 22.6 Å². The third-order valence-electron chi connectivity index (χ3n) is 4.49. The molecule has 0 unspecified atom stereocenters. The minimum absolute atomic E-state index is 0.00378. The van der Waals surface area contributed by atoms with Crippen molar-refractivity contribution in [1.29, 1.82) is 0 Å². The van der Waals surface area contributed by atoms with Crippen molar-refractivity contribution < 1.29 is 23.6 Å². The molecule has 0 spiro atoms. The molecule has 4 rings (SSSR count). The van der Waals surface area contributed by atoms with Gasteiger partial charge < -0.3 is 14.3 Å². The number of non-ortho nitro benzene ring substituents is 1. The van der Waals surface area contributed by atoms with Crippen molar-refractivity contribution >= 4 is 40.3 Å². The lowest BCUT2D eigenvalue weighted by molar-refractivity contribution is -0.385. The second-order valence-corrected chi connectivity index (χ2v) is 7.03. The third-order valence-corrected chi connectivity index (χ3v) is 4.80. The van der Waals surface area contributed by atoms with E-state index in [0.717, 1.165) is 6.07 Å². The number of aromatic hydroxyl groups is 1. The van der Waals surface area contributed by atoms with Gasteiger partial charge in [0.05, 0.1) is 33.9 Å². The number of benzene rings is 3. The Balaban J connectivity index is 1.68. The molecule has 10 heteroatoms. The summed E-state index contributed by atoms with van der Waals surface area (Å²) in [7, 11) is 0. The summed E-state index contributed by atoms with van der Waals surface area (Å²) in [5.41, 5.74) is 1.75. The fourth-order valence-corrected chi connectivity index (χ4v) is 3.25. The molecular weight excluding hydrogens is 441 g/mol. The van der Waals surface area contributed by atoms with Gasteiger partial charge in [-0.2, -0.15) is 0 Å². The maximum atomic E-state index is 13.3. The van der Waals surface area contributed by atoms with Crippen LogP contribution in [0.2, 0.25) is 5.02 Å². The Hall–Kier alpha value is -3.98. The minimum Gasteiger partial charge on any atom is -0.504 e. The number of ether oxygens (including phenoxy) is 1. The van der Waals surface area contributed by atoms with Crippen LogP contribution in [0.15, 0.2) is 57.9 Å². The van der Waals surface area contributed by atoms with E-state index in [-0.39, 0.29) is 40.3 Å². The van der Waals surface area contributed by atoms with Crippen molar-refractivity contribution in [2.24, 2.45) is 4.99 Å². The van der Waals surface area contributed by atoms with Crippen LogP contribution in [-0.4, -0.2) is 27.8 Å². The molecule has 8 nitrogen and oxygen atoms in total. The van der Waals surface area contributed by atoms with Gasteiger partial charge in [-0.05, 0) is 43.3 Å². The van der Waals surface area contributed by atoms with Gasteiger partial charge >= 0.3 is 0 Å². The molecule has 0 saturated heterocycles. The molecule has 162 valence electrons. The summed E-state index contributed by atoms with van der Waals surface area (Å²) < 4.78 is 24.3. The van der Waals surface area contributed by atoms with Crippen molar-refractivity contribution in [1.82, 2.24) is 4.98 Å². The predicted octanol–water partition coefficient (Wildman–Crippen LogP) is 6.05. The maximum Gasteiger partial charge on any atom is 0.274 e. The van der Waals surface area contributed by atoms with Crippen LogP contribution >= 0.6 is 11.6 Å². The molecule has 0 aliphatic heterocycles. The highest BCUT2D eigenvalue weighted by Crippen LogP contribution is 2.35. The van der Waals surface area contributed by atoms with E-state index in [0.29, 0.717) is 22.4 Å². The molecule has 0 aliphatic carbocycles. The first-order chi connectivity index (χ1) is 15.4. The first-order valence-electron chi connectivity index (χ1n) is 9.40. The molecule has 1 heterocycles. The minimum atomic E-state index is -0.580. The first-order valence-corrected chi connectivity index (χ1v) is 9.77. The molecule has 3 aromatic carbocycles. The van der Waals surface area contributed by atoms with Crippen LogP contribution in [0.1, 0.15) is 12.5 Å². The number of phenolic OH excluding ortho intramolecular Hbond substituents is 1. The van der Waals surface area contributed by atoms with Gasteiger partial charge in [-0.1, -0.05) is 11.6 Å². The summed E-state index contributed by atoms with van der Waals surface area (Å²) in [4.78, 5) is 19.3. The van der Waals surface area contributed by atoms with Crippen LogP contribution in [-0.2, 0) is 0 Å². The Morgan fingerprint density at radius 3 is 2.81 bits per heavy atom. The van der Waals surface area contributed by atoms with Gasteiger partial charge in [0.25, 0.3) is 5.69 Å². The molecule has 4 aromatic rings. The summed E-state index contributed by atoms with van der Waals surface area (Å²) in [6, 6.07) is 11.2. The van der Waals surface area contributed by atoms with Gasteiger partial charge in [0.2, 0.25) is 5.89 Å². The van der Waals surface area contributed by atoms with E-state index in [1.807, 2.05) is 0 Å². The van der Waals surface area contributed by atoms with E-state index in [9.17, 15) is 19.6 Å². The van der Waals surface area contributed by atoms with E-state index in [1.165, 1.54) is 30.5 Å². The number of rotatable bonds is 6. The standard InChI is InChI=1S/C22H15ClFN3O5/c1-2-31-20-10-15(27(29)30)7-12(21(20)28)11-25-14-4-6-19-18(9-14)26-22(32-19)16-5-3-13(24)8-17(16)23/h3-11,28H,2H2,1H3. The number of oxazole rings is 1. The third kappa shape index (κ3) is 4.23. The molecule has 32 heavy (non-hydrogen) atoms. The van der Waals surface area contributed by atoms with Gasteiger partial charge in [-0.25, -0.2) is 9.37 Å². The Morgan fingerprint density at radius 1 is 1.28 bits per heavy atom. The first kappa shape index (κ1) is 21.3. The monoisotopic (exact) mass is 455 g/mol. The molecule has 1 N–H and O–H groups in total. The zero-order valence-corrected chi connectivity index (χ0v) is 17.3.